The van der Waals surface area contributed by atoms with Gasteiger partial charge >= 0.3 is 148 Å². The summed E-state index contributed by atoms with van der Waals surface area (Å²) in [4.78, 5) is 47.9. The average molecular weight is 1850 g/mol. The molecule has 17 nitrogen and oxygen atoms in total. The van der Waals surface area contributed by atoms with Gasteiger partial charge in [-0.2, -0.15) is 39.6 Å². The second-order valence-corrected chi connectivity index (χ2v) is 82.8. The standard InChI is InChI=1S/C11H16N6O.C7H11N.C5H9N3.C5H8N2.C2H5I.4C2H6.2CO2.2CH4.2CH3.6HI.2V/c1-7-5-9(14-16(7)3)12-11(18)13-10-6-8(2)17(4)15-10;1-3-7-4-6(2)5-8-7;1-4-3-5(6)7-8(4)2;1-5-3-4-6-7(5)2;1-2-3;4*1-2;2*2-1-3;;;;;;;;;;;;/h5-6H,1-4H3,(H2,12,13,14,15,18);4H,3,5H2,1-2H3;3H,1-2H3,(H2,6,7);3-4H,1-2H3;2H2,1H3;4*1-2H3;;;2*1H4;2*1H3;6*1H;;/q;;;;;;;;;;;;;2*-1;;;;;;;2*+3/p-6. The second kappa shape index (κ2) is 73.6. The van der Waals surface area contributed by atoms with Gasteiger partial charge in [0.1, 0.15) is 5.82 Å². The molecule has 5 heterocycles. The van der Waals surface area contributed by atoms with Crippen LogP contribution in [0.2, 0.25) is 0 Å². The van der Waals surface area contributed by atoms with E-state index in [1.807, 2.05) is 128 Å². The summed E-state index contributed by atoms with van der Waals surface area (Å²) >= 11 is 17.1. The Kier molecular flexibility index (Phi) is 104. The fourth-order valence-electron chi connectivity index (χ4n) is 3.35. The van der Waals surface area contributed by atoms with Crippen LogP contribution in [0.1, 0.15) is 120 Å². The van der Waals surface area contributed by atoms with Gasteiger partial charge in [-0.1, -0.05) is 112 Å². The first-order valence-electron chi connectivity index (χ1n) is 20.1. The molecule has 26 heteroatoms. The van der Waals surface area contributed by atoms with Crippen LogP contribution in [-0.2, 0) is 57.2 Å². The third-order valence-corrected chi connectivity index (χ3v) is 6.22. The van der Waals surface area contributed by atoms with Crippen molar-refractivity contribution in [3.63, 3.8) is 0 Å². The van der Waals surface area contributed by atoms with Gasteiger partial charge in [0, 0.05) is 81.1 Å². The van der Waals surface area contributed by atoms with E-state index >= 15 is 0 Å². The fourth-order valence-corrected chi connectivity index (χ4v) is 3.35. The van der Waals surface area contributed by atoms with Gasteiger partial charge in [-0.25, -0.2) is 4.79 Å². The third-order valence-electron chi connectivity index (χ3n) is 6.22. The summed E-state index contributed by atoms with van der Waals surface area (Å²) in [6, 6.07) is 7.04. The number of nitrogens with zero attached hydrogens (tertiary/aromatic N) is 9. The number of carbonyl (C=O) groups is 1. The number of halogens is 7. The SMILES string of the molecule is C.C.CC.CC.CC.CC.CCC1=NCC(C)=C1.CCI.Cc1cc(N)nn1C.Cc1cc(NC(=O)Nc2cc(C)n(C)n2)nn1C.Cc1ccnn1C.O=C=O.O=C=O.[CH3-].[CH3-].[I][V]([I])[I].[I][V]([I])[I]. The van der Waals surface area contributed by atoms with Crippen LogP contribution in [0, 0.1) is 42.5 Å². The molecule has 0 atom stereocenters. The van der Waals surface area contributed by atoms with Crippen LogP contribution in [0.4, 0.5) is 22.2 Å². The number of allylic oxidation sites excluding steroid dienone is 1. The number of nitrogen functional groups attached to an aromatic ring is 1. The minimum atomic E-state index is -0.355. The predicted molar refractivity (Wildman–Crippen MR) is 356 cm³/mol. The van der Waals surface area contributed by atoms with Crippen LogP contribution in [0.25, 0.3) is 0 Å². The number of aryl methyl sites for hydroxylation is 8. The van der Waals surface area contributed by atoms with E-state index in [4.69, 9.17) is 24.9 Å². The first kappa shape index (κ1) is 99.4. The van der Waals surface area contributed by atoms with Crippen LogP contribution in [0.3, 0.4) is 0 Å². The molecule has 4 aromatic rings. The van der Waals surface area contributed by atoms with Gasteiger partial charge in [-0.15, -0.1) is 0 Å². The number of nitrogens with two attached hydrogens (primary N) is 1. The molecule has 1 aliphatic heterocycles. The van der Waals surface area contributed by atoms with Crippen LogP contribution in [0.5, 0.6) is 0 Å². The van der Waals surface area contributed by atoms with E-state index in [0.717, 1.165) is 30.0 Å². The molecule has 0 radical (unpaired) electrons. The Morgan fingerprint density at radius 1 is 0.643 bits per heavy atom. The number of anilines is 3. The van der Waals surface area contributed by atoms with Crippen LogP contribution in [0.15, 0.2) is 47.1 Å². The zero-order valence-corrected chi connectivity index (χ0v) is 61.7. The van der Waals surface area contributed by atoms with Gasteiger partial charge < -0.3 is 20.6 Å². The Balaban J connectivity index is -0.0000000565. The summed E-state index contributed by atoms with van der Waals surface area (Å²) in [6.07, 6.45) is 5.53. The maximum atomic E-state index is 11.7. The summed E-state index contributed by atoms with van der Waals surface area (Å²) in [6.45, 7) is 31.1. The normalized spacial score (nSPS) is 8.69. The fraction of sp³-hybridized carbons (Fsp3) is 0.545. The van der Waals surface area contributed by atoms with Gasteiger partial charge in [-0.05, 0) is 57.6 Å². The van der Waals surface area contributed by atoms with Gasteiger partial charge in [-0.3, -0.25) is 34.4 Å². The van der Waals surface area contributed by atoms with Gasteiger partial charge in [0.15, 0.2) is 11.6 Å². The number of carbonyl (C=O) groups excluding carboxylic acids is 5. The molecule has 0 saturated carbocycles. The number of nitrogens with one attached hydrogen (secondary N) is 2. The molecule has 0 aromatic carbocycles. The van der Waals surface area contributed by atoms with Gasteiger partial charge in [0.25, 0.3) is 0 Å². The Hall–Kier alpha value is 0.359. The van der Waals surface area contributed by atoms with Gasteiger partial charge in [0.2, 0.25) is 0 Å². The molecule has 0 aliphatic carbocycles. The molecule has 2 amide bonds. The number of hydrogen-bond donors (Lipinski definition) is 3. The number of aromatic nitrogens is 8. The van der Waals surface area contributed by atoms with Crippen molar-refractivity contribution in [2.24, 2.45) is 33.2 Å². The summed E-state index contributed by atoms with van der Waals surface area (Å²) in [5.74, 6) is 1.62. The molecule has 70 heavy (non-hydrogen) atoms. The molecular formula is C44H87I7N12O5V2-2. The number of urea groups is 1. The molecule has 5 rings (SSSR count). The minimum absolute atomic E-state index is 0. The summed E-state index contributed by atoms with van der Waals surface area (Å²) in [5, 5.41) is 21.4. The van der Waals surface area contributed by atoms with E-state index in [1.54, 1.807) is 32.4 Å². The zero-order valence-electron chi connectivity index (χ0n) is 43.8. The first-order valence-corrected chi connectivity index (χ1v) is 48.7. The molecule has 0 bridgehead atoms. The maximum absolute atomic E-state index is 11.7. The van der Waals surface area contributed by atoms with Crippen molar-refractivity contribution >= 4 is 184 Å². The number of rotatable bonds is 3. The van der Waals surface area contributed by atoms with Crippen molar-refractivity contribution in [2.75, 3.05) is 27.3 Å². The van der Waals surface area contributed by atoms with E-state index in [9.17, 15) is 4.79 Å². The molecule has 0 saturated heterocycles. The number of amides is 2. The second-order valence-electron chi connectivity index (χ2n) is 10.6. The zero-order chi connectivity index (χ0) is 54.0. The molecule has 1 aliphatic rings. The Labute approximate surface area is 514 Å². The van der Waals surface area contributed by atoms with Crippen molar-refractivity contribution in [3.05, 3.63) is 79.7 Å². The van der Waals surface area contributed by atoms with Crippen molar-refractivity contribution in [1.29, 1.82) is 0 Å². The molecule has 414 valence electrons. The topological polar surface area (TPSA) is 219 Å². The van der Waals surface area contributed by atoms with Crippen LogP contribution < -0.4 is 16.4 Å². The van der Waals surface area contributed by atoms with Gasteiger partial charge in [0.05, 0.1) is 6.54 Å². The molecule has 4 N–H and O–H groups in total. The Morgan fingerprint density at radius 3 is 1.07 bits per heavy atom. The van der Waals surface area contributed by atoms with E-state index in [2.05, 4.69) is 205 Å². The van der Waals surface area contributed by atoms with Crippen molar-refractivity contribution in [3.8, 4) is 0 Å². The van der Waals surface area contributed by atoms with E-state index < -0.39 is 0 Å². The van der Waals surface area contributed by atoms with Crippen LogP contribution in [-0.4, -0.2) is 74.1 Å². The quantitative estimate of drug-likeness (QED) is 0.100. The predicted octanol–water partition coefficient (Wildman–Crippen LogP) is 16.1. The Bertz CT molecular complexity index is 1700. The monoisotopic (exact) mass is 1850 g/mol. The summed E-state index contributed by atoms with van der Waals surface area (Å²) in [7, 11) is 7.43. The van der Waals surface area contributed by atoms with E-state index in [0.29, 0.717) is 17.5 Å². The summed E-state index contributed by atoms with van der Waals surface area (Å²) < 4.78 is 8.19. The first-order chi connectivity index (χ1) is 31.0. The van der Waals surface area contributed by atoms with Crippen molar-refractivity contribution in [1.82, 2.24) is 39.1 Å². The number of aliphatic imine (C=N–C) groups is 1. The molecular weight excluding hydrogens is 1770 g/mol. The third kappa shape index (κ3) is 72.6. The van der Waals surface area contributed by atoms with Crippen LogP contribution >= 0.6 is 142 Å². The summed E-state index contributed by atoms with van der Waals surface area (Å²) in [5.41, 5.74) is 12.2. The average Bonchev–Trinajstić information content (AvgIpc) is 4.07. The number of hydrogen-bond acceptors (Lipinski definition) is 11. The molecule has 0 spiro atoms. The van der Waals surface area contributed by atoms with E-state index in [-0.39, 0.29) is 57.9 Å². The van der Waals surface area contributed by atoms with Crippen molar-refractivity contribution in [2.45, 2.75) is 125 Å². The molecule has 4 aromatic heterocycles. The number of alkyl halides is 1. The Morgan fingerprint density at radius 2 is 0.943 bits per heavy atom. The molecule has 0 fully saturated rings. The van der Waals surface area contributed by atoms with Crippen molar-refractivity contribution < 1.29 is 33.8 Å². The van der Waals surface area contributed by atoms with E-state index in [1.165, 1.54) is 21.4 Å². The molecule has 0 unspecified atom stereocenters.